The maximum absolute atomic E-state index is 12.5. The molecule has 3 N–H and O–H groups in total. The molecule has 6 nitrogen and oxygen atoms in total. The molecule has 0 bridgehead atoms. The lowest BCUT2D eigenvalue weighted by Crippen LogP contribution is -2.36. The number of amides is 2. The van der Waals surface area contributed by atoms with Crippen LogP contribution in [0, 0.1) is 0 Å². The Morgan fingerprint density at radius 1 is 1.00 bits per heavy atom. The van der Waals surface area contributed by atoms with Crippen molar-refractivity contribution in [1.29, 1.82) is 0 Å². The molecule has 0 radical (unpaired) electrons. The Bertz CT molecular complexity index is 814. The van der Waals surface area contributed by atoms with Gasteiger partial charge in [-0.3, -0.25) is 9.59 Å². The summed E-state index contributed by atoms with van der Waals surface area (Å²) >= 11 is 0. The molecule has 1 saturated carbocycles. The van der Waals surface area contributed by atoms with E-state index in [0.29, 0.717) is 17.9 Å². The van der Waals surface area contributed by atoms with Gasteiger partial charge in [0.05, 0.1) is 13.2 Å². The molecule has 3 rings (SSSR count). The molecule has 154 valence electrons. The molecule has 0 spiro atoms. The molecule has 2 aromatic rings. The van der Waals surface area contributed by atoms with Gasteiger partial charge in [0.15, 0.2) is 0 Å². The van der Waals surface area contributed by atoms with E-state index in [1.807, 2.05) is 31.2 Å². The summed E-state index contributed by atoms with van der Waals surface area (Å²) in [5, 5.41) is 9.02. The summed E-state index contributed by atoms with van der Waals surface area (Å²) in [5.74, 6) is 0.537. The van der Waals surface area contributed by atoms with Crippen molar-refractivity contribution in [3.05, 3.63) is 54.1 Å². The van der Waals surface area contributed by atoms with Crippen LogP contribution < -0.4 is 20.7 Å². The van der Waals surface area contributed by atoms with E-state index >= 15 is 0 Å². The molecule has 0 aliphatic heterocycles. The first-order valence-corrected chi connectivity index (χ1v) is 10.3. The highest BCUT2D eigenvalue weighted by Crippen LogP contribution is 2.19. The van der Waals surface area contributed by atoms with Crippen LogP contribution in [0.2, 0.25) is 0 Å². The summed E-state index contributed by atoms with van der Waals surface area (Å²) in [6, 6.07) is 14.8. The van der Waals surface area contributed by atoms with Crippen LogP contribution in [-0.4, -0.2) is 31.0 Å². The molecule has 0 unspecified atom stereocenters. The second-order valence-corrected chi connectivity index (χ2v) is 7.25. The van der Waals surface area contributed by atoms with Gasteiger partial charge in [0.1, 0.15) is 5.75 Å². The largest absolute Gasteiger partial charge is 0.494 e. The molecule has 1 aliphatic rings. The maximum Gasteiger partial charge on any atom is 0.251 e. The maximum atomic E-state index is 12.5. The van der Waals surface area contributed by atoms with Crippen molar-refractivity contribution in [2.24, 2.45) is 0 Å². The first-order valence-electron chi connectivity index (χ1n) is 10.3. The summed E-state index contributed by atoms with van der Waals surface area (Å²) < 4.78 is 5.40. The second kappa shape index (κ2) is 10.5. The third-order valence-electron chi connectivity index (χ3n) is 4.97. The van der Waals surface area contributed by atoms with Crippen molar-refractivity contribution in [2.75, 3.05) is 23.8 Å². The molecule has 2 aromatic carbocycles. The van der Waals surface area contributed by atoms with Gasteiger partial charge in [0.2, 0.25) is 5.91 Å². The number of rotatable bonds is 8. The molecule has 0 saturated heterocycles. The minimum absolute atomic E-state index is 0.0829. The smallest absolute Gasteiger partial charge is 0.251 e. The SMILES string of the molecule is CCOc1ccc(NCC(=O)Nc2cccc(C(=O)NC3CCCCC3)c2)cc1. The van der Waals surface area contributed by atoms with Crippen LogP contribution >= 0.6 is 0 Å². The zero-order valence-corrected chi connectivity index (χ0v) is 16.9. The van der Waals surface area contributed by atoms with Crippen LogP contribution in [0.15, 0.2) is 48.5 Å². The Morgan fingerprint density at radius 3 is 2.48 bits per heavy atom. The fourth-order valence-electron chi connectivity index (χ4n) is 3.48. The summed E-state index contributed by atoms with van der Waals surface area (Å²) in [5.41, 5.74) is 2.01. The third kappa shape index (κ3) is 6.52. The van der Waals surface area contributed by atoms with Gasteiger partial charge in [-0.25, -0.2) is 0 Å². The number of carbonyl (C=O) groups is 2. The van der Waals surface area contributed by atoms with E-state index in [1.165, 1.54) is 19.3 Å². The number of hydrogen-bond donors (Lipinski definition) is 3. The third-order valence-corrected chi connectivity index (χ3v) is 4.97. The van der Waals surface area contributed by atoms with Crippen molar-refractivity contribution in [3.8, 4) is 5.75 Å². The lowest BCUT2D eigenvalue weighted by atomic mass is 9.95. The van der Waals surface area contributed by atoms with Gasteiger partial charge in [-0.2, -0.15) is 0 Å². The Balaban J connectivity index is 1.49. The van der Waals surface area contributed by atoms with E-state index in [0.717, 1.165) is 24.3 Å². The van der Waals surface area contributed by atoms with Crippen molar-refractivity contribution >= 4 is 23.2 Å². The van der Waals surface area contributed by atoms with E-state index in [9.17, 15) is 9.59 Å². The highest BCUT2D eigenvalue weighted by atomic mass is 16.5. The number of benzene rings is 2. The highest BCUT2D eigenvalue weighted by molar-refractivity contribution is 5.98. The monoisotopic (exact) mass is 395 g/mol. The minimum Gasteiger partial charge on any atom is -0.494 e. The summed E-state index contributed by atoms with van der Waals surface area (Å²) in [6.07, 6.45) is 5.67. The van der Waals surface area contributed by atoms with Crippen LogP contribution in [-0.2, 0) is 4.79 Å². The van der Waals surface area contributed by atoms with E-state index in [-0.39, 0.29) is 24.4 Å². The number of anilines is 2. The van der Waals surface area contributed by atoms with Gasteiger partial charge in [0.25, 0.3) is 5.91 Å². The summed E-state index contributed by atoms with van der Waals surface area (Å²) in [7, 11) is 0. The molecule has 29 heavy (non-hydrogen) atoms. The Kier molecular flexibility index (Phi) is 7.50. The Hall–Kier alpha value is -3.02. The summed E-state index contributed by atoms with van der Waals surface area (Å²) in [4.78, 5) is 24.7. The van der Waals surface area contributed by atoms with Gasteiger partial charge < -0.3 is 20.7 Å². The van der Waals surface area contributed by atoms with Gasteiger partial charge in [-0.1, -0.05) is 25.3 Å². The zero-order chi connectivity index (χ0) is 20.5. The number of nitrogens with one attached hydrogen (secondary N) is 3. The average molecular weight is 396 g/mol. The predicted octanol–water partition coefficient (Wildman–Crippen LogP) is 4.20. The molecule has 6 heteroatoms. The molecule has 1 aliphatic carbocycles. The van der Waals surface area contributed by atoms with Crippen LogP contribution in [0.25, 0.3) is 0 Å². The number of carbonyl (C=O) groups excluding carboxylic acids is 2. The van der Waals surface area contributed by atoms with Crippen LogP contribution in [0.3, 0.4) is 0 Å². The van der Waals surface area contributed by atoms with Crippen molar-refractivity contribution < 1.29 is 14.3 Å². The summed E-state index contributed by atoms with van der Waals surface area (Å²) in [6.45, 7) is 2.69. The fourth-order valence-corrected chi connectivity index (χ4v) is 3.48. The van der Waals surface area contributed by atoms with Gasteiger partial charge in [-0.15, -0.1) is 0 Å². The van der Waals surface area contributed by atoms with E-state index in [4.69, 9.17) is 4.74 Å². The molecule has 1 fully saturated rings. The average Bonchev–Trinajstić information content (AvgIpc) is 2.74. The topological polar surface area (TPSA) is 79.5 Å². The van der Waals surface area contributed by atoms with Crippen molar-refractivity contribution in [1.82, 2.24) is 5.32 Å². The molecule has 0 aromatic heterocycles. The lowest BCUT2D eigenvalue weighted by molar-refractivity contribution is -0.114. The molecule has 0 atom stereocenters. The normalized spacial score (nSPS) is 14.1. The lowest BCUT2D eigenvalue weighted by Gasteiger charge is -2.22. The quantitative estimate of drug-likeness (QED) is 0.626. The van der Waals surface area contributed by atoms with E-state index in [1.54, 1.807) is 24.3 Å². The van der Waals surface area contributed by atoms with Crippen LogP contribution in [0.1, 0.15) is 49.4 Å². The minimum atomic E-state index is -0.177. The fraction of sp³-hybridized carbons (Fsp3) is 0.391. The van der Waals surface area contributed by atoms with Crippen molar-refractivity contribution in [3.63, 3.8) is 0 Å². The van der Waals surface area contributed by atoms with Gasteiger partial charge in [0, 0.05) is 23.0 Å². The first-order chi connectivity index (χ1) is 14.1. The standard InChI is InChI=1S/C23H29N3O3/c1-2-29-21-13-11-18(12-14-21)24-16-22(27)25-20-10-6-7-17(15-20)23(28)26-19-8-4-3-5-9-19/h6-7,10-15,19,24H,2-5,8-9,16H2,1H3,(H,25,27)(H,26,28). The van der Waals surface area contributed by atoms with Crippen LogP contribution in [0.4, 0.5) is 11.4 Å². The molecule has 2 amide bonds. The van der Waals surface area contributed by atoms with E-state index < -0.39 is 0 Å². The number of ether oxygens (including phenoxy) is 1. The van der Waals surface area contributed by atoms with Crippen LogP contribution in [0.5, 0.6) is 5.75 Å². The zero-order valence-electron chi connectivity index (χ0n) is 16.9. The molecule has 0 heterocycles. The Labute approximate surface area is 172 Å². The predicted molar refractivity (Wildman–Crippen MR) is 116 cm³/mol. The number of hydrogen-bond acceptors (Lipinski definition) is 4. The van der Waals surface area contributed by atoms with E-state index in [2.05, 4.69) is 16.0 Å². The molecular formula is C23H29N3O3. The molecular weight excluding hydrogens is 366 g/mol. The van der Waals surface area contributed by atoms with Gasteiger partial charge >= 0.3 is 0 Å². The van der Waals surface area contributed by atoms with Crippen molar-refractivity contribution in [2.45, 2.75) is 45.1 Å². The van der Waals surface area contributed by atoms with Gasteiger partial charge in [-0.05, 0) is 62.2 Å². The highest BCUT2D eigenvalue weighted by Gasteiger charge is 2.17. The Morgan fingerprint density at radius 2 is 1.76 bits per heavy atom. The second-order valence-electron chi connectivity index (χ2n) is 7.25. The first kappa shape index (κ1) is 20.7.